The number of nitrogens with one attached hydrogen (secondary N) is 2. The number of fused-ring (bicyclic) bond motifs is 2. The van der Waals surface area contributed by atoms with Crippen LogP contribution in [0.5, 0.6) is 5.75 Å². The van der Waals surface area contributed by atoms with Crippen LogP contribution in [0.1, 0.15) is 81.7 Å². The molecule has 0 aliphatic carbocycles. The van der Waals surface area contributed by atoms with Crippen molar-refractivity contribution in [1.29, 1.82) is 0 Å². The molecule has 20 heteroatoms. The Bertz CT molecular complexity index is 2730. The third kappa shape index (κ3) is 10.2. The number of rotatable bonds is 18. The average Bonchev–Trinajstić information content (AvgIpc) is 4.07. The van der Waals surface area contributed by atoms with Gasteiger partial charge in [-0.3, -0.25) is 25.1 Å². The summed E-state index contributed by atoms with van der Waals surface area (Å²) in [6.45, 7) is 12.4. The van der Waals surface area contributed by atoms with E-state index in [2.05, 4.69) is 25.5 Å². The van der Waals surface area contributed by atoms with Gasteiger partial charge in [-0.05, 0) is 63.6 Å². The lowest BCUT2D eigenvalue weighted by Gasteiger charge is -2.26. The number of thiazole rings is 2. The van der Waals surface area contributed by atoms with Gasteiger partial charge >= 0.3 is 11.9 Å². The van der Waals surface area contributed by atoms with Crippen LogP contribution in [0.3, 0.4) is 0 Å². The maximum Gasteiger partial charge on any atom is 0.338 e. The number of allylic oxidation sites excluding steroid dienone is 2. The number of nitrogens with zero attached hydrogens (tertiary/aromatic N) is 7. The van der Waals surface area contributed by atoms with E-state index in [1.807, 2.05) is 55.2 Å². The lowest BCUT2D eigenvalue weighted by Crippen LogP contribution is -2.37. The number of hydrogen-bond donors (Lipinski definition) is 2. The summed E-state index contributed by atoms with van der Waals surface area (Å²) >= 11 is 4.07. The number of imidazole rings is 2. The molecule has 6 aromatic rings. The molecule has 338 valence electrons. The summed E-state index contributed by atoms with van der Waals surface area (Å²) in [7, 11) is 2.64. The SMILES string of the molecule is CCc1nc(C)sc1C(=O)Nc1nc2cc(C(=O)OC)cc(OCCCN3CCOCC3)c2n1C/C=C/Cn1c(NC(=O)c2sc(C)nc2CC)nc2cc(C(=O)OC)cc(SC)c21. The largest absolute Gasteiger partial charge is 0.491 e. The van der Waals surface area contributed by atoms with Crippen LogP contribution in [0.25, 0.3) is 22.1 Å². The molecular formula is C44H51N9O8S3. The molecule has 1 aliphatic heterocycles. The van der Waals surface area contributed by atoms with Crippen LogP contribution < -0.4 is 15.4 Å². The smallest absolute Gasteiger partial charge is 0.338 e. The van der Waals surface area contributed by atoms with E-state index in [-0.39, 0.29) is 42.4 Å². The van der Waals surface area contributed by atoms with Gasteiger partial charge in [0.1, 0.15) is 21.0 Å². The van der Waals surface area contributed by atoms with Crippen LogP contribution in [-0.4, -0.2) is 118 Å². The van der Waals surface area contributed by atoms with Gasteiger partial charge < -0.3 is 28.1 Å². The molecule has 2 aromatic carbocycles. The van der Waals surface area contributed by atoms with E-state index in [0.717, 1.165) is 41.0 Å². The quantitative estimate of drug-likeness (QED) is 0.0380. The molecule has 0 unspecified atom stereocenters. The first kappa shape index (κ1) is 46.3. The Labute approximate surface area is 382 Å². The summed E-state index contributed by atoms with van der Waals surface area (Å²) in [6.07, 6.45) is 7.64. The zero-order valence-electron chi connectivity index (χ0n) is 36.9. The first-order valence-electron chi connectivity index (χ1n) is 20.9. The molecule has 4 aromatic heterocycles. The van der Waals surface area contributed by atoms with Crippen molar-refractivity contribution in [2.75, 3.05) is 70.6 Å². The maximum absolute atomic E-state index is 13.9. The van der Waals surface area contributed by atoms with Gasteiger partial charge in [-0.25, -0.2) is 29.5 Å². The summed E-state index contributed by atoms with van der Waals surface area (Å²) in [4.78, 5) is 76.2. The van der Waals surface area contributed by atoms with Crippen molar-refractivity contribution in [1.82, 2.24) is 34.0 Å². The van der Waals surface area contributed by atoms with E-state index < -0.39 is 11.9 Å². The molecular weight excluding hydrogens is 879 g/mol. The molecule has 0 radical (unpaired) electrons. The van der Waals surface area contributed by atoms with E-state index in [9.17, 15) is 19.2 Å². The van der Waals surface area contributed by atoms with E-state index in [1.54, 1.807) is 24.3 Å². The highest BCUT2D eigenvalue weighted by molar-refractivity contribution is 7.98. The van der Waals surface area contributed by atoms with Gasteiger partial charge in [-0.15, -0.1) is 34.4 Å². The van der Waals surface area contributed by atoms with Gasteiger partial charge in [-0.1, -0.05) is 26.0 Å². The number of aryl methyl sites for hydroxylation is 4. The Morgan fingerprint density at radius 3 is 1.80 bits per heavy atom. The molecule has 1 fully saturated rings. The lowest BCUT2D eigenvalue weighted by molar-refractivity contribution is 0.0358. The van der Waals surface area contributed by atoms with Crippen molar-refractivity contribution in [2.24, 2.45) is 0 Å². The molecule has 0 saturated carbocycles. The second-order valence-corrected chi connectivity index (χ2v) is 18.0. The van der Waals surface area contributed by atoms with E-state index in [4.69, 9.17) is 28.9 Å². The molecule has 7 rings (SSSR count). The summed E-state index contributed by atoms with van der Waals surface area (Å²) in [5.74, 6) is -0.813. The molecule has 2 amide bonds. The molecule has 17 nitrogen and oxygen atoms in total. The van der Waals surface area contributed by atoms with Crippen molar-refractivity contribution in [2.45, 2.75) is 64.9 Å². The highest BCUT2D eigenvalue weighted by Gasteiger charge is 2.25. The number of esters is 2. The number of benzene rings is 2. The van der Waals surface area contributed by atoms with Crippen molar-refractivity contribution in [3.63, 3.8) is 0 Å². The molecule has 5 heterocycles. The Balaban J connectivity index is 1.26. The Hall–Kier alpha value is -5.67. The van der Waals surface area contributed by atoms with Gasteiger partial charge in [0.15, 0.2) is 0 Å². The number of hydrogen-bond acceptors (Lipinski definition) is 16. The first-order chi connectivity index (χ1) is 31.0. The van der Waals surface area contributed by atoms with Crippen molar-refractivity contribution < 1.29 is 38.1 Å². The van der Waals surface area contributed by atoms with Gasteiger partial charge in [0.2, 0.25) is 11.9 Å². The van der Waals surface area contributed by atoms with Crippen molar-refractivity contribution >= 4 is 92.2 Å². The van der Waals surface area contributed by atoms with Gasteiger partial charge in [0.25, 0.3) is 11.8 Å². The van der Waals surface area contributed by atoms with Crippen molar-refractivity contribution in [3.8, 4) is 5.75 Å². The Morgan fingerprint density at radius 2 is 1.28 bits per heavy atom. The number of thioether (sulfide) groups is 1. The monoisotopic (exact) mass is 929 g/mol. The minimum Gasteiger partial charge on any atom is -0.491 e. The van der Waals surface area contributed by atoms with Crippen LogP contribution in [0.2, 0.25) is 0 Å². The molecule has 0 spiro atoms. The minimum atomic E-state index is -0.553. The molecule has 64 heavy (non-hydrogen) atoms. The fraction of sp³-hybridized carbons (Fsp3) is 0.409. The second-order valence-electron chi connectivity index (χ2n) is 14.7. The summed E-state index contributed by atoms with van der Waals surface area (Å²) in [5.41, 5.74) is 4.19. The van der Waals surface area contributed by atoms with E-state index in [1.165, 1.54) is 48.7 Å². The van der Waals surface area contributed by atoms with Crippen molar-refractivity contribution in [3.05, 3.63) is 78.7 Å². The third-order valence-electron chi connectivity index (χ3n) is 10.5. The highest BCUT2D eigenvalue weighted by Crippen LogP contribution is 2.34. The summed E-state index contributed by atoms with van der Waals surface area (Å²) in [5, 5.41) is 7.60. The number of anilines is 2. The summed E-state index contributed by atoms with van der Waals surface area (Å²) < 4.78 is 25.8. The predicted octanol–water partition coefficient (Wildman–Crippen LogP) is 7.20. The van der Waals surface area contributed by atoms with Crippen LogP contribution in [-0.2, 0) is 40.1 Å². The fourth-order valence-electron chi connectivity index (χ4n) is 7.49. The number of morpholine rings is 1. The number of methoxy groups -OCH3 is 2. The van der Waals surface area contributed by atoms with Gasteiger partial charge in [-0.2, -0.15) is 0 Å². The molecule has 2 N–H and O–H groups in total. The number of amides is 2. The number of carbonyl (C=O) groups is 4. The Morgan fingerprint density at radius 1 is 0.766 bits per heavy atom. The van der Waals surface area contributed by atoms with Gasteiger partial charge in [0, 0.05) is 37.6 Å². The predicted molar refractivity (Wildman–Crippen MR) is 249 cm³/mol. The lowest BCUT2D eigenvalue weighted by atomic mass is 10.2. The molecule has 1 saturated heterocycles. The minimum absolute atomic E-state index is 0.215. The van der Waals surface area contributed by atoms with Crippen LogP contribution in [0.4, 0.5) is 11.9 Å². The highest BCUT2D eigenvalue weighted by atomic mass is 32.2. The molecule has 1 aliphatic rings. The standard InChI is InChI=1S/C44H51N9O8S3/c1-8-29-37(63-25(3)45-29)39(54)49-43-47-31-21-27(41(56)58-5)23-33(61-18-12-13-51-16-19-60-20-17-51)35(31)52(43)14-10-11-15-53-36-32(22-28(42(57)59-6)24-34(36)62-7)48-44(53)50-40(55)38-30(9-2)46-26(4)64-38/h10-11,21-24H,8-9,12-20H2,1-7H3,(H,47,49,54)(H,48,50,55)/b11-10+. The van der Waals surface area contributed by atoms with Gasteiger partial charge in [0.05, 0.1) is 83.1 Å². The fourth-order valence-corrected chi connectivity index (χ4v) is 9.95. The second kappa shape index (κ2) is 20.9. The maximum atomic E-state index is 13.9. The third-order valence-corrected chi connectivity index (χ3v) is 13.3. The van der Waals surface area contributed by atoms with Crippen LogP contribution in [0.15, 0.2) is 41.3 Å². The zero-order chi connectivity index (χ0) is 45.5. The number of ether oxygens (including phenoxy) is 4. The number of carbonyl (C=O) groups excluding carboxylic acids is 4. The summed E-state index contributed by atoms with van der Waals surface area (Å²) in [6, 6.07) is 6.67. The average molecular weight is 930 g/mol. The first-order valence-corrected chi connectivity index (χ1v) is 23.7. The normalized spacial score (nSPS) is 13.2. The molecule has 0 bridgehead atoms. The van der Waals surface area contributed by atoms with Crippen LogP contribution >= 0.6 is 34.4 Å². The van der Waals surface area contributed by atoms with E-state index in [0.29, 0.717) is 87.2 Å². The molecule has 0 atom stereocenters. The van der Waals surface area contributed by atoms with E-state index >= 15 is 0 Å². The van der Waals surface area contributed by atoms with Crippen LogP contribution in [0, 0.1) is 13.8 Å². The topological polar surface area (TPSA) is 194 Å². The zero-order valence-corrected chi connectivity index (χ0v) is 39.3. The Kier molecular flexibility index (Phi) is 15.1. The number of aromatic nitrogens is 6.